The van der Waals surface area contributed by atoms with E-state index in [1.807, 2.05) is 0 Å². The van der Waals surface area contributed by atoms with Crippen molar-refractivity contribution >= 4 is 29.5 Å². The van der Waals surface area contributed by atoms with Gasteiger partial charge in [-0.15, -0.1) is 0 Å². The molecule has 1 N–H and O–H groups in total. The van der Waals surface area contributed by atoms with E-state index in [1.165, 1.54) is 31.2 Å². The summed E-state index contributed by atoms with van der Waals surface area (Å²) in [7, 11) is 0. The van der Waals surface area contributed by atoms with E-state index in [1.54, 1.807) is 6.07 Å². The van der Waals surface area contributed by atoms with Crippen LogP contribution in [0.15, 0.2) is 42.5 Å². The maximum absolute atomic E-state index is 13.6. The van der Waals surface area contributed by atoms with Gasteiger partial charge in [0.15, 0.2) is 0 Å². The molecule has 12 heteroatoms. The van der Waals surface area contributed by atoms with E-state index in [0.29, 0.717) is 33.0 Å². The van der Waals surface area contributed by atoms with E-state index in [4.69, 9.17) is 4.74 Å². The SMILES string of the molecule is CC(=O)Nc1ccc2c(c1)CC[C@@]21OC(=O)N(CC(=O)N(Cc2ccc(F)cc2)[C@@H](C)C(F)(F)F)C1=O. The van der Waals surface area contributed by atoms with Crippen molar-refractivity contribution in [2.45, 2.75) is 51.1 Å². The molecule has 2 aliphatic rings. The van der Waals surface area contributed by atoms with E-state index < -0.39 is 54.6 Å². The van der Waals surface area contributed by atoms with Gasteiger partial charge in [0.2, 0.25) is 17.4 Å². The van der Waals surface area contributed by atoms with Crippen LogP contribution < -0.4 is 5.32 Å². The number of benzene rings is 2. The van der Waals surface area contributed by atoms with Crippen molar-refractivity contribution in [1.29, 1.82) is 0 Å². The summed E-state index contributed by atoms with van der Waals surface area (Å²) in [6.07, 6.45) is -5.51. The molecule has 8 nitrogen and oxygen atoms in total. The minimum Gasteiger partial charge on any atom is -0.427 e. The fourth-order valence-corrected chi connectivity index (χ4v) is 4.56. The van der Waals surface area contributed by atoms with Crippen LogP contribution in [0.1, 0.15) is 37.0 Å². The fraction of sp³-hybridized carbons (Fsp3) is 0.360. The third kappa shape index (κ3) is 5.00. The summed E-state index contributed by atoms with van der Waals surface area (Å²) in [4.78, 5) is 51.4. The summed E-state index contributed by atoms with van der Waals surface area (Å²) in [6.45, 7) is 0.648. The van der Waals surface area contributed by atoms with Crippen molar-refractivity contribution in [3.8, 4) is 0 Å². The fourth-order valence-electron chi connectivity index (χ4n) is 4.56. The Morgan fingerprint density at radius 2 is 1.84 bits per heavy atom. The third-order valence-electron chi connectivity index (χ3n) is 6.50. The van der Waals surface area contributed by atoms with Gasteiger partial charge in [-0.05, 0) is 48.7 Å². The van der Waals surface area contributed by atoms with E-state index in [9.17, 15) is 36.7 Å². The van der Waals surface area contributed by atoms with Gasteiger partial charge in [-0.2, -0.15) is 13.2 Å². The second-order valence-electron chi connectivity index (χ2n) is 9.01. The molecule has 1 fully saturated rings. The first-order valence-corrected chi connectivity index (χ1v) is 11.4. The van der Waals surface area contributed by atoms with E-state index in [2.05, 4.69) is 5.32 Å². The Hall–Kier alpha value is -3.96. The van der Waals surface area contributed by atoms with Crippen molar-refractivity contribution in [3.05, 3.63) is 65.0 Å². The molecule has 2 aromatic rings. The topological polar surface area (TPSA) is 96.0 Å². The molecule has 1 heterocycles. The summed E-state index contributed by atoms with van der Waals surface area (Å²) in [5, 5.41) is 2.62. The van der Waals surface area contributed by atoms with E-state index in [0.717, 1.165) is 19.1 Å². The molecule has 0 unspecified atom stereocenters. The summed E-state index contributed by atoms with van der Waals surface area (Å²) < 4.78 is 59.4. The van der Waals surface area contributed by atoms with Gasteiger partial charge in [0, 0.05) is 31.1 Å². The number of fused-ring (bicyclic) bond motifs is 2. The van der Waals surface area contributed by atoms with Crippen molar-refractivity contribution < 1.29 is 41.5 Å². The number of anilines is 1. The third-order valence-corrected chi connectivity index (χ3v) is 6.50. The number of imide groups is 1. The number of hydrogen-bond acceptors (Lipinski definition) is 5. The number of halogens is 4. The number of carbonyl (C=O) groups is 4. The molecule has 0 aromatic heterocycles. The van der Waals surface area contributed by atoms with Crippen molar-refractivity contribution in [2.75, 3.05) is 11.9 Å². The number of nitrogens with zero attached hydrogens (tertiary/aromatic N) is 2. The monoisotopic (exact) mass is 521 g/mol. The van der Waals surface area contributed by atoms with E-state index in [-0.39, 0.29) is 17.9 Å². The molecule has 4 amide bonds. The van der Waals surface area contributed by atoms with Crippen LogP contribution in [0.25, 0.3) is 0 Å². The lowest BCUT2D eigenvalue weighted by atomic mass is 9.94. The molecule has 4 rings (SSSR count). The average molecular weight is 521 g/mol. The predicted molar refractivity (Wildman–Crippen MR) is 121 cm³/mol. The molecule has 37 heavy (non-hydrogen) atoms. The number of alkyl halides is 3. The van der Waals surface area contributed by atoms with Crippen LogP contribution in [0.2, 0.25) is 0 Å². The summed E-state index contributed by atoms with van der Waals surface area (Å²) in [5.41, 5.74) is 0.0757. The average Bonchev–Trinajstić information content (AvgIpc) is 3.29. The highest BCUT2D eigenvalue weighted by atomic mass is 19.4. The molecule has 2 aromatic carbocycles. The highest BCUT2D eigenvalue weighted by Crippen LogP contribution is 2.46. The summed E-state index contributed by atoms with van der Waals surface area (Å²) in [6, 6.07) is 7.07. The molecular formula is C25H23F4N3O5. The highest BCUT2D eigenvalue weighted by Gasteiger charge is 2.58. The molecule has 196 valence electrons. The van der Waals surface area contributed by atoms with Crippen LogP contribution in [0.3, 0.4) is 0 Å². The van der Waals surface area contributed by atoms with E-state index >= 15 is 0 Å². The second-order valence-corrected chi connectivity index (χ2v) is 9.01. The minimum atomic E-state index is -4.79. The lowest BCUT2D eigenvalue weighted by Gasteiger charge is -2.31. The van der Waals surface area contributed by atoms with Crippen LogP contribution in [0, 0.1) is 5.82 Å². The van der Waals surface area contributed by atoms with Crippen LogP contribution >= 0.6 is 0 Å². The quantitative estimate of drug-likeness (QED) is 0.582. The highest BCUT2D eigenvalue weighted by molar-refractivity contribution is 6.06. The van der Waals surface area contributed by atoms with Gasteiger partial charge in [0.05, 0.1) is 0 Å². The number of nitrogens with one attached hydrogen (secondary N) is 1. The number of rotatable bonds is 6. The Bertz CT molecular complexity index is 1260. The molecular weight excluding hydrogens is 498 g/mol. The van der Waals surface area contributed by atoms with Gasteiger partial charge in [0.25, 0.3) is 5.91 Å². The van der Waals surface area contributed by atoms with Gasteiger partial charge in [-0.25, -0.2) is 14.1 Å². The maximum atomic E-state index is 13.6. The summed E-state index contributed by atoms with van der Waals surface area (Å²) in [5.74, 6) is -2.87. The molecule has 1 saturated heterocycles. The van der Waals surface area contributed by atoms with Crippen LogP contribution in [-0.2, 0) is 37.7 Å². The molecule has 0 bridgehead atoms. The van der Waals surface area contributed by atoms with Gasteiger partial charge >= 0.3 is 12.3 Å². The van der Waals surface area contributed by atoms with Crippen molar-refractivity contribution in [3.63, 3.8) is 0 Å². The molecule has 1 spiro atoms. The Morgan fingerprint density at radius 1 is 1.16 bits per heavy atom. The first-order valence-electron chi connectivity index (χ1n) is 11.4. The van der Waals surface area contributed by atoms with Crippen LogP contribution in [0.5, 0.6) is 0 Å². The van der Waals surface area contributed by atoms with Gasteiger partial charge in [-0.1, -0.05) is 18.2 Å². The first kappa shape index (κ1) is 26.1. The lowest BCUT2D eigenvalue weighted by Crippen LogP contribution is -2.51. The second kappa shape index (κ2) is 9.49. The molecule has 0 radical (unpaired) electrons. The number of aryl methyl sites for hydroxylation is 1. The van der Waals surface area contributed by atoms with Crippen LogP contribution in [-0.4, -0.2) is 52.4 Å². The zero-order valence-electron chi connectivity index (χ0n) is 19.9. The first-order chi connectivity index (χ1) is 17.3. The minimum absolute atomic E-state index is 0.0827. The van der Waals surface area contributed by atoms with Gasteiger partial charge < -0.3 is 15.0 Å². The predicted octanol–water partition coefficient (Wildman–Crippen LogP) is 3.88. The Morgan fingerprint density at radius 3 is 2.46 bits per heavy atom. The Balaban J connectivity index is 1.57. The smallest absolute Gasteiger partial charge is 0.418 e. The maximum Gasteiger partial charge on any atom is 0.418 e. The van der Waals surface area contributed by atoms with Crippen LogP contribution in [0.4, 0.5) is 28.0 Å². The largest absolute Gasteiger partial charge is 0.427 e. The summed E-state index contributed by atoms with van der Waals surface area (Å²) >= 11 is 0. The zero-order chi connectivity index (χ0) is 27.1. The molecule has 1 aliphatic carbocycles. The van der Waals surface area contributed by atoms with Gasteiger partial charge in [-0.3, -0.25) is 14.4 Å². The van der Waals surface area contributed by atoms with Crippen molar-refractivity contribution in [2.24, 2.45) is 0 Å². The zero-order valence-corrected chi connectivity index (χ0v) is 19.9. The molecule has 1 aliphatic heterocycles. The van der Waals surface area contributed by atoms with Crippen molar-refractivity contribution in [1.82, 2.24) is 9.80 Å². The molecule has 0 saturated carbocycles. The Kier molecular flexibility index (Phi) is 6.70. The lowest BCUT2D eigenvalue weighted by molar-refractivity contribution is -0.187. The standard InChI is InChI=1S/C25H23F4N3O5/c1-14(25(27,28)29)31(12-16-3-5-18(26)6-4-16)21(34)13-32-22(35)24(37-23(32)36)10-9-17-11-19(30-15(2)33)7-8-20(17)24/h3-8,11,14H,9-10,12-13H2,1-2H3,(H,30,33)/t14-,24+/m0/s1. The number of hydrogen-bond donors (Lipinski definition) is 1. The number of carbonyl (C=O) groups excluding carboxylic acids is 4. The number of amides is 4. The number of ether oxygens (including phenoxy) is 1. The normalized spacial score (nSPS) is 19.6. The molecule has 2 atom stereocenters. The van der Waals surface area contributed by atoms with Gasteiger partial charge in [0.1, 0.15) is 18.4 Å². The Labute approximate surface area is 209 Å².